The van der Waals surface area contributed by atoms with Gasteiger partial charge < -0.3 is 9.84 Å². The first kappa shape index (κ1) is 23.8. The summed E-state index contributed by atoms with van der Waals surface area (Å²) >= 11 is 1.66. The van der Waals surface area contributed by atoms with E-state index in [4.69, 9.17) is 9.84 Å². The fourth-order valence-electron chi connectivity index (χ4n) is 2.83. The van der Waals surface area contributed by atoms with Gasteiger partial charge in [-0.1, -0.05) is 43.5 Å². The van der Waals surface area contributed by atoms with Crippen molar-refractivity contribution in [2.24, 2.45) is 5.92 Å². The highest BCUT2D eigenvalue weighted by Crippen LogP contribution is 2.32. The number of thioether (sulfide) groups is 1. The van der Waals surface area contributed by atoms with Gasteiger partial charge >= 0.3 is 5.97 Å². The van der Waals surface area contributed by atoms with Crippen molar-refractivity contribution in [3.63, 3.8) is 0 Å². The van der Waals surface area contributed by atoms with Gasteiger partial charge in [0, 0.05) is 6.42 Å². The molecule has 0 saturated heterocycles. The summed E-state index contributed by atoms with van der Waals surface area (Å²) in [7, 11) is 1.48. The summed E-state index contributed by atoms with van der Waals surface area (Å²) < 4.78 is 19.1. The Labute approximate surface area is 171 Å². The monoisotopic (exact) mass is 404 g/mol. The SMILES string of the molecule is C=C/C=C\C(CCS/C(C)=C/C(=C\C=C)C1=CC(F)=C(OC)CC1)CC(=O)O. The number of methoxy groups -OCH3 is 1. The number of halogens is 1. The molecule has 0 saturated carbocycles. The van der Waals surface area contributed by atoms with E-state index in [9.17, 15) is 9.18 Å². The first-order valence-electron chi connectivity index (χ1n) is 9.19. The molecule has 5 heteroatoms. The van der Waals surface area contributed by atoms with Gasteiger partial charge in [-0.2, -0.15) is 0 Å². The van der Waals surface area contributed by atoms with Gasteiger partial charge in [-0.25, -0.2) is 4.39 Å². The minimum atomic E-state index is -0.804. The molecule has 1 aliphatic carbocycles. The molecule has 0 aromatic rings. The van der Waals surface area contributed by atoms with E-state index in [2.05, 4.69) is 13.2 Å². The van der Waals surface area contributed by atoms with Crippen LogP contribution in [0.2, 0.25) is 0 Å². The number of allylic oxidation sites excluding steroid dienone is 12. The lowest BCUT2D eigenvalue weighted by atomic mass is 9.95. The van der Waals surface area contributed by atoms with Gasteiger partial charge in [-0.15, -0.1) is 11.8 Å². The molecule has 1 N–H and O–H groups in total. The number of carbonyl (C=O) groups is 1. The van der Waals surface area contributed by atoms with Gasteiger partial charge in [0.15, 0.2) is 5.83 Å². The molecule has 3 nitrogen and oxygen atoms in total. The molecule has 152 valence electrons. The molecule has 28 heavy (non-hydrogen) atoms. The van der Waals surface area contributed by atoms with Gasteiger partial charge in [-0.05, 0) is 59.6 Å². The average molecular weight is 405 g/mol. The Morgan fingerprint density at radius 2 is 2.14 bits per heavy atom. The predicted octanol–water partition coefficient (Wildman–Crippen LogP) is 6.51. The second-order valence-corrected chi connectivity index (χ2v) is 7.71. The summed E-state index contributed by atoms with van der Waals surface area (Å²) in [6, 6.07) is 0. The Hall–Kier alpha value is -2.27. The normalized spacial score (nSPS) is 16.8. The van der Waals surface area contributed by atoms with E-state index in [-0.39, 0.29) is 18.2 Å². The molecule has 0 aromatic carbocycles. The molecule has 0 spiro atoms. The third-order valence-electron chi connectivity index (χ3n) is 4.24. The quantitative estimate of drug-likeness (QED) is 0.377. The van der Waals surface area contributed by atoms with Crippen LogP contribution in [0.25, 0.3) is 0 Å². The first-order chi connectivity index (χ1) is 13.4. The molecule has 0 aromatic heterocycles. The van der Waals surface area contributed by atoms with E-state index in [1.165, 1.54) is 13.2 Å². The van der Waals surface area contributed by atoms with Crippen molar-refractivity contribution in [3.05, 3.63) is 83.3 Å². The lowest BCUT2D eigenvalue weighted by Crippen LogP contribution is -2.06. The maximum atomic E-state index is 14.1. The minimum Gasteiger partial charge on any atom is -0.498 e. The third-order valence-corrected chi connectivity index (χ3v) is 5.25. The molecule has 0 amide bonds. The van der Waals surface area contributed by atoms with E-state index in [1.807, 2.05) is 25.2 Å². The molecular weight excluding hydrogens is 375 g/mol. The van der Waals surface area contributed by atoms with Crippen LogP contribution in [0.5, 0.6) is 0 Å². The average Bonchev–Trinajstić information content (AvgIpc) is 2.65. The lowest BCUT2D eigenvalue weighted by molar-refractivity contribution is -0.137. The summed E-state index contributed by atoms with van der Waals surface area (Å²) in [4.78, 5) is 12.1. The van der Waals surface area contributed by atoms with Crippen LogP contribution in [0.4, 0.5) is 4.39 Å². The fourth-order valence-corrected chi connectivity index (χ4v) is 3.79. The number of rotatable bonds is 12. The van der Waals surface area contributed by atoms with Gasteiger partial charge in [0.1, 0.15) is 5.76 Å². The van der Waals surface area contributed by atoms with Gasteiger partial charge in [0.2, 0.25) is 0 Å². The molecule has 1 rings (SSSR count). The fraction of sp³-hybridized carbons (Fsp3) is 0.348. The van der Waals surface area contributed by atoms with Crippen molar-refractivity contribution >= 4 is 17.7 Å². The topological polar surface area (TPSA) is 46.5 Å². The Morgan fingerprint density at radius 1 is 1.39 bits per heavy atom. The summed E-state index contributed by atoms with van der Waals surface area (Å²) in [6.07, 6.45) is 14.6. The van der Waals surface area contributed by atoms with Crippen LogP contribution in [0.1, 0.15) is 32.6 Å². The standard InChI is InChI=1S/C23H29FO3S/c1-5-7-9-18(15-23(25)26)12-13-28-17(3)14-19(8-6-2)20-10-11-22(27-4)21(24)16-20/h5-9,14,16,18H,1-2,10-13,15H2,3-4H3,(H,25,26)/b9-7-,17-14+,19-8+. The maximum Gasteiger partial charge on any atom is 0.303 e. The summed E-state index contributed by atoms with van der Waals surface area (Å²) in [5.41, 5.74) is 1.84. The van der Waals surface area contributed by atoms with Crippen molar-refractivity contribution in [1.29, 1.82) is 0 Å². The lowest BCUT2D eigenvalue weighted by Gasteiger charge is -2.16. The highest BCUT2D eigenvalue weighted by molar-refractivity contribution is 8.03. The van der Waals surface area contributed by atoms with Crippen LogP contribution in [-0.2, 0) is 9.53 Å². The van der Waals surface area contributed by atoms with Gasteiger partial charge in [0.25, 0.3) is 0 Å². The van der Waals surface area contributed by atoms with E-state index in [1.54, 1.807) is 30.0 Å². The second kappa shape index (κ2) is 13.0. The Kier molecular flexibility index (Phi) is 11.0. The predicted molar refractivity (Wildman–Crippen MR) is 117 cm³/mol. The molecular formula is C23H29FO3S. The summed E-state index contributed by atoms with van der Waals surface area (Å²) in [5, 5.41) is 9.03. The molecule has 1 atom stereocenters. The second-order valence-electron chi connectivity index (χ2n) is 6.37. The van der Waals surface area contributed by atoms with Crippen LogP contribution in [0, 0.1) is 5.92 Å². The van der Waals surface area contributed by atoms with Crippen molar-refractivity contribution in [1.82, 2.24) is 0 Å². The smallest absolute Gasteiger partial charge is 0.303 e. The van der Waals surface area contributed by atoms with Crippen molar-refractivity contribution < 1.29 is 19.0 Å². The van der Waals surface area contributed by atoms with E-state index < -0.39 is 5.97 Å². The number of ether oxygens (including phenoxy) is 1. The largest absolute Gasteiger partial charge is 0.498 e. The molecule has 1 aliphatic rings. The maximum absolute atomic E-state index is 14.1. The zero-order valence-corrected chi connectivity index (χ0v) is 17.4. The van der Waals surface area contributed by atoms with Crippen molar-refractivity contribution in [3.8, 4) is 0 Å². The highest BCUT2D eigenvalue weighted by Gasteiger charge is 2.16. The molecule has 0 bridgehead atoms. The zero-order chi connectivity index (χ0) is 20.9. The molecule has 0 heterocycles. The van der Waals surface area contributed by atoms with Crippen molar-refractivity contribution in [2.75, 3.05) is 12.9 Å². The van der Waals surface area contributed by atoms with Gasteiger partial charge in [-0.3, -0.25) is 4.79 Å². The molecule has 0 fully saturated rings. The number of hydrogen-bond donors (Lipinski definition) is 1. The van der Waals surface area contributed by atoms with Crippen LogP contribution < -0.4 is 0 Å². The molecule has 0 radical (unpaired) electrons. The number of carboxylic acid groups (broad SMARTS) is 1. The van der Waals surface area contributed by atoms with E-state index >= 15 is 0 Å². The summed E-state index contributed by atoms with van der Waals surface area (Å²) in [5.74, 6) is 0.0231. The van der Waals surface area contributed by atoms with Gasteiger partial charge in [0.05, 0.1) is 13.5 Å². The van der Waals surface area contributed by atoms with Crippen molar-refractivity contribution in [2.45, 2.75) is 32.6 Å². The zero-order valence-electron chi connectivity index (χ0n) is 16.6. The van der Waals surface area contributed by atoms with E-state index in [0.717, 1.165) is 28.2 Å². The van der Waals surface area contributed by atoms with Crippen LogP contribution in [0.3, 0.4) is 0 Å². The Bertz CT molecular complexity index is 726. The number of carboxylic acids is 1. The summed E-state index contributed by atoms with van der Waals surface area (Å²) in [6.45, 7) is 9.38. The van der Waals surface area contributed by atoms with Crippen LogP contribution in [0.15, 0.2) is 83.3 Å². The number of aliphatic carboxylic acids is 1. The third kappa shape index (κ3) is 8.61. The first-order valence-corrected chi connectivity index (χ1v) is 10.2. The molecule has 0 aliphatic heterocycles. The highest BCUT2D eigenvalue weighted by atomic mass is 32.2. The number of hydrogen-bond acceptors (Lipinski definition) is 3. The minimum absolute atomic E-state index is 0.0215. The van der Waals surface area contributed by atoms with E-state index in [0.29, 0.717) is 18.6 Å². The Balaban J connectivity index is 2.78. The Morgan fingerprint density at radius 3 is 2.71 bits per heavy atom. The molecule has 1 unspecified atom stereocenters. The van der Waals surface area contributed by atoms with Crippen LogP contribution >= 0.6 is 11.8 Å². The van der Waals surface area contributed by atoms with Crippen LogP contribution in [-0.4, -0.2) is 23.9 Å².